The summed E-state index contributed by atoms with van der Waals surface area (Å²) in [5.74, 6) is 1.27. The summed E-state index contributed by atoms with van der Waals surface area (Å²) < 4.78 is 0. The lowest BCUT2D eigenvalue weighted by atomic mass is 10.4. The van der Waals surface area contributed by atoms with E-state index in [1.165, 1.54) is 6.42 Å². The molecule has 0 bridgehead atoms. The summed E-state index contributed by atoms with van der Waals surface area (Å²) >= 11 is 0. The number of hydrogen-bond acceptors (Lipinski definition) is 2. The maximum Gasteiger partial charge on any atom is 0.332 e. The second-order valence-corrected chi connectivity index (χ2v) is 2.63. The van der Waals surface area contributed by atoms with Gasteiger partial charge in [-0.05, 0) is 18.3 Å². The Hall–Kier alpha value is -1.06. The van der Waals surface area contributed by atoms with Gasteiger partial charge in [0.25, 0.3) is 0 Å². The Balaban J connectivity index is 2.12. The van der Waals surface area contributed by atoms with Gasteiger partial charge in [-0.1, -0.05) is 6.92 Å². The van der Waals surface area contributed by atoms with E-state index in [0.717, 1.165) is 5.92 Å². The molecule has 4 heteroatoms. The van der Waals surface area contributed by atoms with Gasteiger partial charge in [0.15, 0.2) is 0 Å². The molecule has 2 atom stereocenters. The van der Waals surface area contributed by atoms with Crippen LogP contribution in [0.5, 0.6) is 0 Å². The fourth-order valence-corrected chi connectivity index (χ4v) is 0.755. The molecule has 0 heterocycles. The van der Waals surface area contributed by atoms with Crippen molar-refractivity contribution in [2.45, 2.75) is 13.3 Å². The Kier molecular flexibility index (Phi) is 1.89. The first-order valence-electron chi connectivity index (χ1n) is 3.29. The number of urea groups is 1. The molecule has 0 aromatic carbocycles. The van der Waals surface area contributed by atoms with E-state index in [0.29, 0.717) is 5.92 Å². The molecule has 1 aliphatic rings. The Morgan fingerprint density at radius 2 is 2.50 bits per heavy atom. The predicted octanol–water partition coefficient (Wildman–Crippen LogP) is 0.297. The molecule has 1 saturated carbocycles. The van der Waals surface area contributed by atoms with Crippen molar-refractivity contribution in [2.24, 2.45) is 22.7 Å². The minimum atomic E-state index is -0.607. The lowest BCUT2D eigenvalue weighted by Gasteiger charge is -1.88. The van der Waals surface area contributed by atoms with Gasteiger partial charge < -0.3 is 5.73 Å². The fraction of sp³-hybridized carbons (Fsp3) is 0.667. The summed E-state index contributed by atoms with van der Waals surface area (Å²) in [4.78, 5) is 10.1. The summed E-state index contributed by atoms with van der Waals surface area (Å²) in [5.41, 5.74) is 6.92. The van der Waals surface area contributed by atoms with E-state index in [1.807, 2.05) is 0 Å². The van der Waals surface area contributed by atoms with Crippen molar-refractivity contribution in [3.05, 3.63) is 0 Å². The van der Waals surface area contributed by atoms with Crippen LogP contribution in [0.25, 0.3) is 0 Å². The molecule has 0 saturated heterocycles. The van der Waals surface area contributed by atoms with Crippen LogP contribution in [0.1, 0.15) is 13.3 Å². The minimum absolute atomic E-state index is 0.548. The number of nitrogens with two attached hydrogens (primary N) is 1. The average Bonchev–Trinajstić information content (AvgIpc) is 2.46. The van der Waals surface area contributed by atoms with E-state index >= 15 is 0 Å². The van der Waals surface area contributed by atoms with Crippen LogP contribution in [0.3, 0.4) is 0 Å². The molecule has 0 aromatic rings. The van der Waals surface area contributed by atoms with Crippen LogP contribution in [0, 0.1) is 11.8 Å². The predicted molar refractivity (Wildman–Crippen MR) is 38.5 cm³/mol. The summed E-state index contributed by atoms with van der Waals surface area (Å²) in [5, 5.41) is 3.63. The fourth-order valence-electron chi connectivity index (χ4n) is 0.755. The zero-order valence-corrected chi connectivity index (χ0v) is 5.87. The lowest BCUT2D eigenvalue weighted by molar-refractivity contribution is 0.249. The molecule has 0 aromatic heterocycles. The maximum atomic E-state index is 10.1. The van der Waals surface area contributed by atoms with Crippen molar-refractivity contribution in [1.82, 2.24) is 5.43 Å². The van der Waals surface area contributed by atoms with Gasteiger partial charge >= 0.3 is 6.03 Å². The highest BCUT2D eigenvalue weighted by Gasteiger charge is 2.30. The molecule has 0 aliphatic heterocycles. The highest BCUT2D eigenvalue weighted by molar-refractivity contribution is 5.73. The third-order valence-electron chi connectivity index (χ3n) is 1.61. The number of hydrazone groups is 1. The molecule has 1 fully saturated rings. The van der Waals surface area contributed by atoms with Gasteiger partial charge in [0.2, 0.25) is 0 Å². The van der Waals surface area contributed by atoms with Crippen molar-refractivity contribution >= 4 is 12.2 Å². The molecule has 1 rings (SSSR count). The Labute approximate surface area is 59.5 Å². The van der Waals surface area contributed by atoms with Crippen LogP contribution < -0.4 is 11.2 Å². The monoisotopic (exact) mass is 141 g/mol. The largest absolute Gasteiger partial charge is 0.350 e. The van der Waals surface area contributed by atoms with Gasteiger partial charge in [-0.25, -0.2) is 10.2 Å². The molecule has 0 spiro atoms. The van der Waals surface area contributed by atoms with Gasteiger partial charge in [-0.2, -0.15) is 5.10 Å². The molecule has 56 valence electrons. The van der Waals surface area contributed by atoms with Crippen molar-refractivity contribution < 1.29 is 4.79 Å². The average molecular weight is 141 g/mol. The number of nitrogens with one attached hydrogen (secondary N) is 1. The molecule has 2 amide bonds. The van der Waals surface area contributed by atoms with Crippen LogP contribution in [0.4, 0.5) is 4.79 Å². The maximum absolute atomic E-state index is 10.1. The SMILES string of the molecule is CC1CC1/C=N/NC(N)=O. The first kappa shape index (κ1) is 7.05. The Morgan fingerprint density at radius 1 is 1.90 bits per heavy atom. The van der Waals surface area contributed by atoms with Gasteiger partial charge in [0, 0.05) is 6.21 Å². The van der Waals surface area contributed by atoms with Crippen molar-refractivity contribution in [3.8, 4) is 0 Å². The quantitative estimate of drug-likeness (QED) is 0.421. The zero-order valence-electron chi connectivity index (χ0n) is 5.87. The number of primary amides is 1. The molecule has 1 aliphatic carbocycles. The van der Waals surface area contributed by atoms with Crippen LogP contribution in [-0.4, -0.2) is 12.2 Å². The summed E-state index contributed by atoms with van der Waals surface area (Å²) in [6.07, 6.45) is 2.90. The minimum Gasteiger partial charge on any atom is -0.350 e. The zero-order chi connectivity index (χ0) is 7.56. The number of rotatable bonds is 2. The number of amides is 2. The van der Waals surface area contributed by atoms with E-state index in [4.69, 9.17) is 5.73 Å². The number of hydrogen-bond donors (Lipinski definition) is 2. The van der Waals surface area contributed by atoms with Gasteiger partial charge in [0.1, 0.15) is 0 Å². The first-order valence-corrected chi connectivity index (χ1v) is 3.29. The molecule has 3 N–H and O–H groups in total. The molecular formula is C6H11N3O. The molecule has 4 nitrogen and oxygen atoms in total. The van der Waals surface area contributed by atoms with E-state index in [1.54, 1.807) is 6.21 Å². The molecule has 2 unspecified atom stereocenters. The van der Waals surface area contributed by atoms with Crippen molar-refractivity contribution in [1.29, 1.82) is 0 Å². The third kappa shape index (κ3) is 2.05. The van der Waals surface area contributed by atoms with Gasteiger partial charge in [-0.3, -0.25) is 0 Å². The Morgan fingerprint density at radius 3 is 2.90 bits per heavy atom. The summed E-state index contributed by atoms with van der Waals surface area (Å²) in [6, 6.07) is -0.607. The number of carbonyl (C=O) groups is 1. The lowest BCUT2D eigenvalue weighted by Crippen LogP contribution is -2.24. The van der Waals surface area contributed by atoms with E-state index in [2.05, 4.69) is 17.5 Å². The molecular weight excluding hydrogens is 130 g/mol. The second-order valence-electron chi connectivity index (χ2n) is 2.63. The van der Waals surface area contributed by atoms with Crippen LogP contribution in [0.15, 0.2) is 5.10 Å². The van der Waals surface area contributed by atoms with Gasteiger partial charge in [-0.15, -0.1) is 0 Å². The number of carbonyl (C=O) groups excluding carboxylic acids is 1. The van der Waals surface area contributed by atoms with Crippen LogP contribution in [0.2, 0.25) is 0 Å². The van der Waals surface area contributed by atoms with Crippen LogP contribution in [-0.2, 0) is 0 Å². The highest BCUT2D eigenvalue weighted by atomic mass is 16.2. The van der Waals surface area contributed by atoms with Crippen molar-refractivity contribution in [2.75, 3.05) is 0 Å². The number of nitrogens with zero attached hydrogens (tertiary/aromatic N) is 1. The smallest absolute Gasteiger partial charge is 0.332 e. The standard InChI is InChI=1S/C6H11N3O/c1-4-2-5(4)3-8-9-6(7)10/h3-5H,2H2,1H3,(H3,7,9,10)/b8-3+. The normalized spacial score (nSPS) is 30.5. The highest BCUT2D eigenvalue weighted by Crippen LogP contribution is 2.35. The second kappa shape index (κ2) is 2.68. The van der Waals surface area contributed by atoms with E-state index in [9.17, 15) is 4.79 Å². The Bertz CT molecular complexity index is 166. The molecule has 0 radical (unpaired) electrons. The topological polar surface area (TPSA) is 67.5 Å². The van der Waals surface area contributed by atoms with Crippen LogP contribution >= 0.6 is 0 Å². The third-order valence-corrected chi connectivity index (χ3v) is 1.61. The first-order chi connectivity index (χ1) is 4.70. The van der Waals surface area contributed by atoms with Crippen molar-refractivity contribution in [3.63, 3.8) is 0 Å². The molecule has 10 heavy (non-hydrogen) atoms. The summed E-state index contributed by atoms with van der Waals surface area (Å²) in [6.45, 7) is 2.14. The van der Waals surface area contributed by atoms with Gasteiger partial charge in [0.05, 0.1) is 0 Å². The van der Waals surface area contributed by atoms with E-state index in [-0.39, 0.29) is 0 Å². The summed E-state index contributed by atoms with van der Waals surface area (Å²) in [7, 11) is 0. The van der Waals surface area contributed by atoms with E-state index < -0.39 is 6.03 Å².